The van der Waals surface area contributed by atoms with Gasteiger partial charge in [0, 0.05) is 5.69 Å². The van der Waals surface area contributed by atoms with Crippen molar-refractivity contribution < 1.29 is 4.74 Å². The Bertz CT molecular complexity index is 1070. The Hall–Kier alpha value is -3.41. The van der Waals surface area contributed by atoms with Crippen LogP contribution in [0.2, 0.25) is 0 Å². The molecule has 0 amide bonds. The number of anilines is 2. The lowest BCUT2D eigenvalue weighted by Crippen LogP contribution is -2.00. The second-order valence-corrected chi connectivity index (χ2v) is 6.16. The van der Waals surface area contributed by atoms with E-state index in [-0.39, 0.29) is 0 Å². The van der Waals surface area contributed by atoms with Crippen molar-refractivity contribution in [3.8, 4) is 11.4 Å². The van der Waals surface area contributed by atoms with Crippen LogP contribution in [-0.4, -0.2) is 26.9 Å². The van der Waals surface area contributed by atoms with Crippen LogP contribution in [0.4, 0.5) is 11.5 Å². The molecule has 4 aromatic rings. The molecule has 2 heterocycles. The molecule has 6 heteroatoms. The van der Waals surface area contributed by atoms with Crippen molar-refractivity contribution in [1.82, 2.24) is 19.7 Å². The Morgan fingerprint density at radius 1 is 1.00 bits per heavy atom. The molecule has 0 saturated carbocycles. The zero-order valence-corrected chi connectivity index (χ0v) is 14.9. The van der Waals surface area contributed by atoms with E-state index in [9.17, 15) is 0 Å². The normalized spacial score (nSPS) is 10.9. The van der Waals surface area contributed by atoms with Crippen molar-refractivity contribution in [1.29, 1.82) is 0 Å². The molecule has 0 aliphatic rings. The molecule has 6 nitrogen and oxygen atoms in total. The summed E-state index contributed by atoms with van der Waals surface area (Å²) >= 11 is 0. The Morgan fingerprint density at radius 3 is 2.54 bits per heavy atom. The highest BCUT2D eigenvalue weighted by Crippen LogP contribution is 2.27. The zero-order valence-electron chi connectivity index (χ0n) is 14.9. The summed E-state index contributed by atoms with van der Waals surface area (Å²) < 4.78 is 7.01. The van der Waals surface area contributed by atoms with Gasteiger partial charge in [-0.2, -0.15) is 5.10 Å². The quantitative estimate of drug-likeness (QED) is 0.601. The van der Waals surface area contributed by atoms with Gasteiger partial charge in [0.05, 0.1) is 24.4 Å². The van der Waals surface area contributed by atoms with Crippen LogP contribution in [0.15, 0.2) is 55.0 Å². The van der Waals surface area contributed by atoms with E-state index < -0.39 is 0 Å². The van der Waals surface area contributed by atoms with Gasteiger partial charge in [0.15, 0.2) is 5.65 Å². The highest BCUT2D eigenvalue weighted by Gasteiger charge is 2.12. The van der Waals surface area contributed by atoms with Gasteiger partial charge in [-0.05, 0) is 49.7 Å². The van der Waals surface area contributed by atoms with E-state index in [2.05, 4.69) is 52.4 Å². The molecule has 0 spiro atoms. The van der Waals surface area contributed by atoms with Crippen LogP contribution in [0.1, 0.15) is 11.1 Å². The van der Waals surface area contributed by atoms with Crippen LogP contribution in [-0.2, 0) is 0 Å². The zero-order chi connectivity index (χ0) is 18.1. The fraction of sp³-hybridized carbons (Fsp3) is 0.150. The standard InChI is InChI=1S/C20H19N5O/c1-13-4-9-18(14(2)10-13)24-19-17-11-23-25(20(17)22-12-21-19)15-5-7-16(26-3)8-6-15/h4-12H,1-3H3,(H,21,22,24). The Kier molecular flexibility index (Phi) is 4.01. The van der Waals surface area contributed by atoms with Crippen molar-refractivity contribution in [2.24, 2.45) is 0 Å². The summed E-state index contributed by atoms with van der Waals surface area (Å²) in [5.41, 5.74) is 5.08. The maximum atomic E-state index is 5.21. The van der Waals surface area contributed by atoms with Gasteiger partial charge in [-0.1, -0.05) is 17.7 Å². The van der Waals surface area contributed by atoms with Gasteiger partial charge >= 0.3 is 0 Å². The molecule has 2 aromatic carbocycles. The second-order valence-electron chi connectivity index (χ2n) is 6.16. The lowest BCUT2D eigenvalue weighted by Gasteiger charge is -2.10. The van der Waals surface area contributed by atoms with Gasteiger partial charge < -0.3 is 10.1 Å². The van der Waals surface area contributed by atoms with E-state index in [1.807, 2.05) is 24.3 Å². The van der Waals surface area contributed by atoms with Crippen molar-refractivity contribution in [3.63, 3.8) is 0 Å². The molecular formula is C20H19N5O. The minimum Gasteiger partial charge on any atom is -0.497 e. The van der Waals surface area contributed by atoms with Gasteiger partial charge in [-0.3, -0.25) is 0 Å². The maximum absolute atomic E-state index is 5.21. The molecule has 26 heavy (non-hydrogen) atoms. The van der Waals surface area contributed by atoms with Crippen LogP contribution in [0.5, 0.6) is 5.75 Å². The molecule has 4 rings (SSSR count). The van der Waals surface area contributed by atoms with Gasteiger partial charge in [-0.25, -0.2) is 14.6 Å². The Balaban J connectivity index is 1.74. The molecule has 0 aliphatic heterocycles. The highest BCUT2D eigenvalue weighted by atomic mass is 16.5. The van der Waals surface area contributed by atoms with Crippen LogP contribution in [0.3, 0.4) is 0 Å². The fourth-order valence-corrected chi connectivity index (χ4v) is 2.94. The average molecular weight is 345 g/mol. The third-order valence-corrected chi connectivity index (χ3v) is 4.32. The number of fused-ring (bicyclic) bond motifs is 1. The number of nitrogens with one attached hydrogen (secondary N) is 1. The monoisotopic (exact) mass is 345 g/mol. The molecular weight excluding hydrogens is 326 g/mol. The summed E-state index contributed by atoms with van der Waals surface area (Å²) in [7, 11) is 1.65. The van der Waals surface area contributed by atoms with Gasteiger partial charge in [0.25, 0.3) is 0 Å². The van der Waals surface area contributed by atoms with E-state index >= 15 is 0 Å². The predicted octanol–water partition coefficient (Wildman–Crippen LogP) is 4.18. The van der Waals surface area contributed by atoms with Gasteiger partial charge in [0.2, 0.25) is 0 Å². The van der Waals surface area contributed by atoms with Crippen molar-refractivity contribution in [2.75, 3.05) is 12.4 Å². The molecule has 0 atom stereocenters. The summed E-state index contributed by atoms with van der Waals surface area (Å²) in [5.74, 6) is 1.54. The largest absolute Gasteiger partial charge is 0.497 e. The number of aryl methyl sites for hydroxylation is 2. The number of rotatable bonds is 4. The molecule has 0 unspecified atom stereocenters. The number of ether oxygens (including phenoxy) is 1. The minimum atomic E-state index is 0.738. The molecule has 0 bridgehead atoms. The highest BCUT2D eigenvalue weighted by molar-refractivity contribution is 5.89. The molecule has 0 aliphatic carbocycles. The van der Waals surface area contributed by atoms with E-state index in [0.717, 1.165) is 34.0 Å². The van der Waals surface area contributed by atoms with Crippen molar-refractivity contribution in [3.05, 3.63) is 66.1 Å². The predicted molar refractivity (Wildman–Crippen MR) is 102 cm³/mol. The van der Waals surface area contributed by atoms with Crippen molar-refractivity contribution in [2.45, 2.75) is 13.8 Å². The smallest absolute Gasteiger partial charge is 0.168 e. The number of methoxy groups -OCH3 is 1. The first-order chi connectivity index (χ1) is 12.7. The maximum Gasteiger partial charge on any atom is 0.168 e. The topological polar surface area (TPSA) is 64.9 Å². The number of hydrogen-bond donors (Lipinski definition) is 1. The lowest BCUT2D eigenvalue weighted by atomic mass is 10.1. The summed E-state index contributed by atoms with van der Waals surface area (Å²) in [6, 6.07) is 14.0. The molecule has 2 aromatic heterocycles. The van der Waals surface area contributed by atoms with Crippen LogP contribution in [0.25, 0.3) is 16.7 Å². The number of benzene rings is 2. The van der Waals surface area contributed by atoms with Gasteiger partial charge in [-0.15, -0.1) is 0 Å². The van der Waals surface area contributed by atoms with E-state index in [0.29, 0.717) is 0 Å². The lowest BCUT2D eigenvalue weighted by molar-refractivity contribution is 0.414. The van der Waals surface area contributed by atoms with E-state index in [1.165, 1.54) is 11.1 Å². The first-order valence-electron chi connectivity index (χ1n) is 8.33. The third-order valence-electron chi connectivity index (χ3n) is 4.32. The van der Waals surface area contributed by atoms with E-state index in [1.54, 1.807) is 24.3 Å². The fourth-order valence-electron chi connectivity index (χ4n) is 2.94. The number of hydrogen-bond acceptors (Lipinski definition) is 5. The Morgan fingerprint density at radius 2 is 1.81 bits per heavy atom. The molecule has 1 N–H and O–H groups in total. The second kappa shape index (κ2) is 6.48. The van der Waals surface area contributed by atoms with Gasteiger partial charge in [0.1, 0.15) is 17.9 Å². The van der Waals surface area contributed by atoms with Crippen LogP contribution >= 0.6 is 0 Å². The van der Waals surface area contributed by atoms with Crippen LogP contribution < -0.4 is 10.1 Å². The average Bonchev–Trinajstić information content (AvgIpc) is 3.09. The van der Waals surface area contributed by atoms with Crippen molar-refractivity contribution >= 4 is 22.5 Å². The first-order valence-corrected chi connectivity index (χ1v) is 8.33. The SMILES string of the molecule is COc1ccc(-n2ncc3c(Nc4ccc(C)cc4C)ncnc32)cc1. The first kappa shape index (κ1) is 16.1. The number of nitrogens with zero attached hydrogens (tertiary/aromatic N) is 4. The third kappa shape index (κ3) is 2.86. The summed E-state index contributed by atoms with van der Waals surface area (Å²) in [6.07, 6.45) is 3.33. The van der Waals surface area contributed by atoms with E-state index in [4.69, 9.17) is 4.74 Å². The van der Waals surface area contributed by atoms with Crippen LogP contribution in [0, 0.1) is 13.8 Å². The molecule has 130 valence electrons. The minimum absolute atomic E-state index is 0.738. The molecule has 0 saturated heterocycles. The summed E-state index contributed by atoms with van der Waals surface area (Å²) in [4.78, 5) is 8.82. The Labute approximate surface area is 151 Å². The summed E-state index contributed by atoms with van der Waals surface area (Å²) in [6.45, 7) is 4.16. The summed E-state index contributed by atoms with van der Waals surface area (Å²) in [5, 5.41) is 8.76. The number of aromatic nitrogens is 4. The molecule has 0 fully saturated rings. The molecule has 0 radical (unpaired) electrons.